The van der Waals surface area contributed by atoms with E-state index in [-0.39, 0.29) is 11.9 Å². The smallest absolute Gasteiger partial charge is 0.167 e. The summed E-state index contributed by atoms with van der Waals surface area (Å²) in [4.78, 5) is 12.2. The molecule has 0 radical (unpaired) electrons. The molecule has 0 saturated carbocycles. The summed E-state index contributed by atoms with van der Waals surface area (Å²) in [5.41, 5.74) is 5.28. The molecule has 0 aliphatic carbocycles. The normalized spacial score (nSPS) is 16.2. The van der Waals surface area contributed by atoms with Gasteiger partial charge in [0.1, 0.15) is 17.5 Å². The van der Waals surface area contributed by atoms with Crippen molar-refractivity contribution in [2.75, 3.05) is 30.9 Å². The SMILES string of the molecule is Cc1noc(C)c1-c1ccc2nc(-c3cnn(CS(C)(=O)=O)c3)nc(N3CCOCC3c3ccccc3)c2c1. The summed E-state index contributed by atoms with van der Waals surface area (Å²) in [7, 11) is -3.25. The van der Waals surface area contributed by atoms with Crippen molar-refractivity contribution in [2.45, 2.75) is 25.8 Å². The first-order valence-corrected chi connectivity index (χ1v) is 14.7. The summed E-state index contributed by atoms with van der Waals surface area (Å²) >= 11 is 0. The summed E-state index contributed by atoms with van der Waals surface area (Å²) in [6, 6.07) is 16.3. The van der Waals surface area contributed by atoms with Crippen LogP contribution in [0.2, 0.25) is 0 Å². The number of nitrogens with zero attached hydrogens (tertiary/aromatic N) is 6. The Morgan fingerprint density at radius 3 is 2.62 bits per heavy atom. The number of aryl methyl sites for hydroxylation is 2. The van der Waals surface area contributed by atoms with Crippen molar-refractivity contribution >= 4 is 26.6 Å². The summed E-state index contributed by atoms with van der Waals surface area (Å²) in [6.45, 7) is 5.58. The number of hydrogen-bond donors (Lipinski definition) is 0. The molecule has 6 rings (SSSR count). The van der Waals surface area contributed by atoms with Gasteiger partial charge in [-0.1, -0.05) is 41.6 Å². The molecule has 0 amide bonds. The first-order chi connectivity index (χ1) is 18.8. The number of sulfone groups is 1. The Morgan fingerprint density at radius 1 is 1.05 bits per heavy atom. The van der Waals surface area contributed by atoms with Gasteiger partial charge in [0, 0.05) is 29.9 Å². The second-order valence-electron chi connectivity index (χ2n) is 9.82. The molecular formula is C28H28N6O4S. The van der Waals surface area contributed by atoms with Gasteiger partial charge in [-0.25, -0.2) is 18.4 Å². The zero-order valence-electron chi connectivity index (χ0n) is 21.9. The zero-order chi connectivity index (χ0) is 27.1. The van der Waals surface area contributed by atoms with Crippen molar-refractivity contribution in [3.8, 4) is 22.5 Å². The van der Waals surface area contributed by atoms with E-state index in [1.807, 2.05) is 44.2 Å². The highest BCUT2D eigenvalue weighted by molar-refractivity contribution is 7.89. The lowest BCUT2D eigenvalue weighted by Gasteiger charge is -2.37. The third-order valence-electron chi connectivity index (χ3n) is 6.84. The van der Waals surface area contributed by atoms with Crippen LogP contribution in [0.5, 0.6) is 0 Å². The van der Waals surface area contributed by atoms with Gasteiger partial charge in [-0.2, -0.15) is 5.10 Å². The van der Waals surface area contributed by atoms with Gasteiger partial charge in [-0.15, -0.1) is 0 Å². The van der Waals surface area contributed by atoms with E-state index in [4.69, 9.17) is 19.2 Å². The Kier molecular flexibility index (Phi) is 6.40. The van der Waals surface area contributed by atoms with Crippen molar-refractivity contribution in [3.63, 3.8) is 0 Å². The Morgan fingerprint density at radius 2 is 1.87 bits per heavy atom. The van der Waals surface area contributed by atoms with Crippen molar-refractivity contribution in [3.05, 3.63) is 77.9 Å². The molecule has 10 nitrogen and oxygen atoms in total. The van der Waals surface area contributed by atoms with Gasteiger partial charge < -0.3 is 14.2 Å². The van der Waals surface area contributed by atoms with Gasteiger partial charge in [-0.05, 0) is 37.1 Å². The second kappa shape index (κ2) is 9.90. The van der Waals surface area contributed by atoms with E-state index in [0.29, 0.717) is 31.1 Å². The van der Waals surface area contributed by atoms with Gasteiger partial charge in [0.2, 0.25) is 0 Å². The third kappa shape index (κ3) is 5.02. The van der Waals surface area contributed by atoms with Gasteiger partial charge in [0.05, 0.1) is 42.2 Å². The second-order valence-corrected chi connectivity index (χ2v) is 11.9. The van der Waals surface area contributed by atoms with Gasteiger partial charge in [0.15, 0.2) is 15.7 Å². The molecule has 1 aliphatic rings. The molecule has 4 heterocycles. The Balaban J connectivity index is 1.53. The Hall–Kier alpha value is -4.09. The molecule has 200 valence electrons. The van der Waals surface area contributed by atoms with E-state index < -0.39 is 9.84 Å². The van der Waals surface area contributed by atoms with Crippen LogP contribution in [0.15, 0.2) is 65.4 Å². The fourth-order valence-corrected chi connectivity index (χ4v) is 5.73. The third-order valence-corrected chi connectivity index (χ3v) is 7.57. The van der Waals surface area contributed by atoms with Crippen LogP contribution in [0.1, 0.15) is 23.1 Å². The molecule has 1 aliphatic heterocycles. The maximum absolute atomic E-state index is 11.8. The number of morpholine rings is 1. The fourth-order valence-electron chi connectivity index (χ4n) is 5.11. The van der Waals surface area contributed by atoms with Gasteiger partial charge in [-0.3, -0.25) is 4.68 Å². The van der Waals surface area contributed by atoms with Crippen molar-refractivity contribution < 1.29 is 17.7 Å². The molecule has 39 heavy (non-hydrogen) atoms. The highest BCUT2D eigenvalue weighted by Crippen LogP contribution is 2.37. The zero-order valence-corrected chi connectivity index (χ0v) is 22.7. The molecule has 11 heteroatoms. The van der Waals surface area contributed by atoms with E-state index in [1.54, 1.807) is 12.4 Å². The first kappa shape index (κ1) is 25.2. The molecule has 3 aromatic heterocycles. The minimum atomic E-state index is -3.25. The van der Waals surface area contributed by atoms with E-state index in [9.17, 15) is 8.42 Å². The van der Waals surface area contributed by atoms with Crippen LogP contribution in [0.25, 0.3) is 33.4 Å². The number of hydrogen-bond acceptors (Lipinski definition) is 9. The van der Waals surface area contributed by atoms with Gasteiger partial charge in [0.25, 0.3) is 0 Å². The molecule has 1 fully saturated rings. The number of aromatic nitrogens is 5. The van der Waals surface area contributed by atoms with Crippen LogP contribution in [-0.4, -0.2) is 59.3 Å². The summed E-state index contributed by atoms with van der Waals surface area (Å²) in [5, 5.41) is 9.26. The number of benzene rings is 2. The van der Waals surface area contributed by atoms with Crippen LogP contribution >= 0.6 is 0 Å². The lowest BCUT2D eigenvalue weighted by atomic mass is 10.0. The molecule has 1 unspecified atom stereocenters. The Labute approximate surface area is 226 Å². The number of fused-ring (bicyclic) bond motifs is 1. The molecule has 2 aromatic carbocycles. The quantitative estimate of drug-likeness (QED) is 0.308. The molecule has 0 bridgehead atoms. The summed E-state index contributed by atoms with van der Waals surface area (Å²) in [5.74, 6) is 1.78. The minimum Gasteiger partial charge on any atom is -0.377 e. The Bertz CT molecular complexity index is 1740. The largest absolute Gasteiger partial charge is 0.377 e. The van der Waals surface area contributed by atoms with E-state index >= 15 is 0 Å². The lowest BCUT2D eigenvalue weighted by molar-refractivity contribution is 0.0939. The summed E-state index contributed by atoms with van der Waals surface area (Å²) < 4.78 is 36.3. The fraction of sp³-hybridized carbons (Fsp3) is 0.286. The highest BCUT2D eigenvalue weighted by Gasteiger charge is 2.28. The van der Waals surface area contributed by atoms with Crippen LogP contribution in [-0.2, 0) is 20.5 Å². The van der Waals surface area contributed by atoms with Crippen molar-refractivity contribution in [1.29, 1.82) is 0 Å². The number of ether oxygens (including phenoxy) is 1. The predicted octanol–water partition coefficient (Wildman–Crippen LogP) is 4.35. The van der Waals surface area contributed by atoms with E-state index in [0.717, 1.165) is 44.9 Å². The maximum atomic E-state index is 11.8. The highest BCUT2D eigenvalue weighted by atomic mass is 32.2. The molecule has 0 spiro atoms. The standard InChI is InChI=1S/C28H28N6O4S/c1-18-26(19(2)38-32-18)21-9-10-24-23(13-21)28(34-11-12-37-16-25(34)20-7-5-4-6-8-20)31-27(30-24)22-14-29-33(15-22)17-39(3,35)36/h4-10,13-15,25H,11-12,16-17H2,1-3H3. The topological polar surface area (TPSA) is 116 Å². The van der Waals surface area contributed by atoms with E-state index in [2.05, 4.69) is 33.4 Å². The molecule has 1 atom stereocenters. The minimum absolute atomic E-state index is 0.0402. The number of anilines is 1. The maximum Gasteiger partial charge on any atom is 0.167 e. The van der Waals surface area contributed by atoms with Crippen molar-refractivity contribution in [1.82, 2.24) is 24.9 Å². The summed E-state index contributed by atoms with van der Waals surface area (Å²) in [6.07, 6.45) is 4.44. The molecule has 5 aromatic rings. The van der Waals surface area contributed by atoms with E-state index in [1.165, 1.54) is 10.9 Å². The average Bonchev–Trinajstić information content (AvgIpc) is 3.52. The van der Waals surface area contributed by atoms with Crippen LogP contribution < -0.4 is 4.90 Å². The molecule has 0 N–H and O–H groups in total. The predicted molar refractivity (Wildman–Crippen MR) is 148 cm³/mol. The average molecular weight is 545 g/mol. The van der Waals surface area contributed by atoms with Crippen LogP contribution in [0, 0.1) is 13.8 Å². The van der Waals surface area contributed by atoms with Gasteiger partial charge >= 0.3 is 0 Å². The first-order valence-electron chi connectivity index (χ1n) is 12.6. The number of rotatable bonds is 6. The monoisotopic (exact) mass is 544 g/mol. The lowest BCUT2D eigenvalue weighted by Crippen LogP contribution is -2.40. The van der Waals surface area contributed by atoms with Crippen molar-refractivity contribution in [2.24, 2.45) is 0 Å². The molecule has 1 saturated heterocycles. The van der Waals surface area contributed by atoms with Crippen LogP contribution in [0.3, 0.4) is 0 Å². The molecular weight excluding hydrogens is 516 g/mol. The van der Waals surface area contributed by atoms with Crippen LogP contribution in [0.4, 0.5) is 5.82 Å².